The zero-order valence-corrected chi connectivity index (χ0v) is 12.5. The first-order chi connectivity index (χ1) is 11.9. The molecule has 3 aromatic rings. The molecule has 1 amide bonds. The molecule has 2 aromatic heterocycles. The first-order valence-corrected chi connectivity index (χ1v) is 6.98. The molecule has 5 nitrogen and oxygen atoms in total. The molecule has 0 unspecified atom stereocenters. The maximum atomic E-state index is 13.9. The summed E-state index contributed by atoms with van der Waals surface area (Å²) in [5.41, 5.74) is -0.272. The minimum Gasteiger partial charge on any atom is -0.312 e. The molecule has 0 radical (unpaired) electrons. The van der Waals surface area contributed by atoms with Crippen LogP contribution in [0.1, 0.15) is 5.56 Å². The quantitative estimate of drug-likeness (QED) is 0.577. The first kappa shape index (κ1) is 16.6. The molecule has 0 fully saturated rings. The molecular weight excluding hydrogens is 340 g/mol. The van der Waals surface area contributed by atoms with Crippen molar-refractivity contribution in [1.29, 1.82) is 0 Å². The lowest BCUT2D eigenvalue weighted by Gasteiger charge is -2.11. The second-order valence-corrected chi connectivity index (χ2v) is 4.99. The van der Waals surface area contributed by atoms with E-state index in [0.29, 0.717) is 23.7 Å². The van der Waals surface area contributed by atoms with Crippen molar-refractivity contribution in [2.75, 3.05) is 5.32 Å². The van der Waals surface area contributed by atoms with Crippen molar-refractivity contribution in [2.45, 2.75) is 6.18 Å². The molecule has 0 aliphatic rings. The molecule has 0 bridgehead atoms. The molecule has 0 aliphatic carbocycles. The second-order valence-electron chi connectivity index (χ2n) is 4.99. The molecule has 25 heavy (non-hydrogen) atoms. The van der Waals surface area contributed by atoms with Gasteiger partial charge in [-0.15, -0.1) is 5.10 Å². The van der Waals surface area contributed by atoms with Gasteiger partial charge in [0.2, 0.25) is 6.41 Å². The van der Waals surface area contributed by atoms with Gasteiger partial charge in [-0.1, -0.05) is 0 Å². The van der Waals surface area contributed by atoms with Crippen molar-refractivity contribution in [3.05, 3.63) is 60.2 Å². The largest absolute Gasteiger partial charge is 0.419 e. The number of alkyl halides is 3. The van der Waals surface area contributed by atoms with Gasteiger partial charge in [0.1, 0.15) is 5.82 Å². The van der Waals surface area contributed by atoms with E-state index in [0.717, 1.165) is 12.1 Å². The van der Waals surface area contributed by atoms with E-state index in [1.54, 1.807) is 18.3 Å². The Morgan fingerprint density at radius 2 is 1.96 bits per heavy atom. The van der Waals surface area contributed by atoms with Crippen molar-refractivity contribution in [3.8, 4) is 16.9 Å². The van der Waals surface area contributed by atoms with E-state index in [1.165, 1.54) is 16.9 Å². The van der Waals surface area contributed by atoms with Gasteiger partial charge < -0.3 is 5.32 Å². The lowest BCUT2D eigenvalue weighted by Crippen LogP contribution is -2.09. The van der Waals surface area contributed by atoms with Crippen LogP contribution in [0.2, 0.25) is 0 Å². The molecule has 1 aromatic carbocycles. The van der Waals surface area contributed by atoms with E-state index in [9.17, 15) is 22.4 Å². The van der Waals surface area contributed by atoms with Crippen LogP contribution in [-0.4, -0.2) is 21.2 Å². The smallest absolute Gasteiger partial charge is 0.312 e. The van der Waals surface area contributed by atoms with Gasteiger partial charge in [-0.05, 0) is 24.3 Å². The Kier molecular flexibility index (Phi) is 4.22. The van der Waals surface area contributed by atoms with E-state index in [2.05, 4.69) is 15.4 Å². The Morgan fingerprint density at radius 3 is 2.56 bits per heavy atom. The summed E-state index contributed by atoms with van der Waals surface area (Å²) in [6.45, 7) is 0. The molecule has 9 heteroatoms. The molecule has 0 saturated heterocycles. The molecule has 128 valence electrons. The Morgan fingerprint density at radius 1 is 1.16 bits per heavy atom. The fourth-order valence-electron chi connectivity index (χ4n) is 2.29. The van der Waals surface area contributed by atoms with Gasteiger partial charge in [-0.25, -0.2) is 9.07 Å². The predicted molar refractivity (Wildman–Crippen MR) is 81.4 cm³/mol. The summed E-state index contributed by atoms with van der Waals surface area (Å²) in [6.07, 6.45) is -1.32. The Bertz CT molecular complexity index is 906. The van der Waals surface area contributed by atoms with Crippen LogP contribution < -0.4 is 5.32 Å². The molecule has 1 N–H and O–H groups in total. The number of nitrogens with one attached hydrogen (secondary N) is 1. The molecule has 3 rings (SSSR count). The molecule has 0 atom stereocenters. The maximum absolute atomic E-state index is 13.9. The zero-order chi connectivity index (χ0) is 18.0. The number of amides is 1. The van der Waals surface area contributed by atoms with Gasteiger partial charge in [0.25, 0.3) is 0 Å². The number of hydrogen-bond donors (Lipinski definition) is 1. The number of anilines is 1. The van der Waals surface area contributed by atoms with Gasteiger partial charge >= 0.3 is 6.18 Å². The number of aromatic nitrogens is 3. The van der Waals surface area contributed by atoms with Crippen LogP contribution in [0.5, 0.6) is 0 Å². The predicted octanol–water partition coefficient (Wildman–Crippen LogP) is 3.66. The summed E-state index contributed by atoms with van der Waals surface area (Å²) in [6, 6.07) is 7.34. The highest BCUT2D eigenvalue weighted by Crippen LogP contribution is 2.33. The third-order valence-electron chi connectivity index (χ3n) is 3.38. The number of rotatable bonds is 4. The van der Waals surface area contributed by atoms with Gasteiger partial charge in [0.15, 0.2) is 5.82 Å². The molecule has 0 aliphatic heterocycles. The molecule has 2 heterocycles. The van der Waals surface area contributed by atoms with Crippen molar-refractivity contribution >= 4 is 12.2 Å². The summed E-state index contributed by atoms with van der Waals surface area (Å²) < 4.78 is 53.2. The number of nitrogens with zero attached hydrogens (tertiary/aromatic N) is 3. The third kappa shape index (κ3) is 3.35. The number of benzene rings is 1. The number of hydrogen-bond acceptors (Lipinski definition) is 3. The summed E-state index contributed by atoms with van der Waals surface area (Å²) in [5.74, 6) is -1.25. The van der Waals surface area contributed by atoms with Gasteiger partial charge in [0.05, 0.1) is 16.9 Å². The number of halogens is 4. The standard InChI is InChI=1S/C16H10F4N4O/c17-13-6-11(3-4-12(13)16(18,19)20)24-14(7-15(23-24)22-9-25)10-2-1-5-21-8-10/h1-9H,(H,22,23,25). The van der Waals surface area contributed by atoms with E-state index < -0.39 is 17.6 Å². The van der Waals surface area contributed by atoms with Crippen LogP contribution in [0.15, 0.2) is 48.8 Å². The van der Waals surface area contributed by atoms with Crippen LogP contribution in [0.3, 0.4) is 0 Å². The Labute approximate surface area is 138 Å². The highest BCUT2D eigenvalue weighted by molar-refractivity contribution is 5.73. The lowest BCUT2D eigenvalue weighted by atomic mass is 10.1. The third-order valence-corrected chi connectivity index (χ3v) is 3.38. The Hall–Kier alpha value is -3.23. The van der Waals surface area contributed by atoms with E-state index in [4.69, 9.17) is 0 Å². The second kappa shape index (κ2) is 6.34. The maximum Gasteiger partial charge on any atom is 0.419 e. The monoisotopic (exact) mass is 350 g/mol. The van der Waals surface area contributed by atoms with Crippen LogP contribution in [0.4, 0.5) is 23.4 Å². The summed E-state index contributed by atoms with van der Waals surface area (Å²) in [4.78, 5) is 14.6. The highest BCUT2D eigenvalue weighted by Gasteiger charge is 2.34. The van der Waals surface area contributed by atoms with E-state index >= 15 is 0 Å². The van der Waals surface area contributed by atoms with Crippen LogP contribution in [-0.2, 0) is 11.0 Å². The van der Waals surface area contributed by atoms with Crippen molar-refractivity contribution < 1.29 is 22.4 Å². The molecule has 0 spiro atoms. The summed E-state index contributed by atoms with van der Waals surface area (Å²) >= 11 is 0. The summed E-state index contributed by atoms with van der Waals surface area (Å²) in [7, 11) is 0. The number of carbonyl (C=O) groups excluding carboxylic acids is 1. The average Bonchev–Trinajstić information content (AvgIpc) is 2.99. The first-order valence-electron chi connectivity index (χ1n) is 6.98. The normalized spacial score (nSPS) is 11.4. The minimum absolute atomic E-state index is 0.0725. The topological polar surface area (TPSA) is 59.8 Å². The van der Waals surface area contributed by atoms with Crippen LogP contribution in [0.25, 0.3) is 16.9 Å². The van der Waals surface area contributed by atoms with Gasteiger partial charge in [0, 0.05) is 30.1 Å². The SMILES string of the molecule is O=CNc1cc(-c2cccnc2)n(-c2ccc(C(F)(F)F)c(F)c2)n1. The average molecular weight is 350 g/mol. The van der Waals surface area contributed by atoms with Crippen LogP contribution >= 0.6 is 0 Å². The fourth-order valence-corrected chi connectivity index (χ4v) is 2.29. The van der Waals surface area contributed by atoms with Crippen molar-refractivity contribution in [2.24, 2.45) is 0 Å². The number of carbonyl (C=O) groups is 1. The van der Waals surface area contributed by atoms with Gasteiger partial charge in [-0.3, -0.25) is 9.78 Å². The van der Waals surface area contributed by atoms with Crippen LogP contribution in [0, 0.1) is 5.82 Å². The van der Waals surface area contributed by atoms with E-state index in [-0.39, 0.29) is 11.5 Å². The lowest BCUT2D eigenvalue weighted by molar-refractivity contribution is -0.140. The van der Waals surface area contributed by atoms with Gasteiger partial charge in [-0.2, -0.15) is 13.2 Å². The highest BCUT2D eigenvalue weighted by atomic mass is 19.4. The van der Waals surface area contributed by atoms with E-state index in [1.807, 2.05) is 0 Å². The molecular formula is C16H10F4N4O. The fraction of sp³-hybridized carbons (Fsp3) is 0.0625. The number of pyridine rings is 1. The zero-order valence-electron chi connectivity index (χ0n) is 12.5. The molecule has 0 saturated carbocycles. The Balaban J connectivity index is 2.13. The van der Waals surface area contributed by atoms with Crippen molar-refractivity contribution in [3.63, 3.8) is 0 Å². The summed E-state index contributed by atoms with van der Waals surface area (Å²) in [5, 5.41) is 6.43. The minimum atomic E-state index is -4.79. The van der Waals surface area contributed by atoms with Crippen molar-refractivity contribution in [1.82, 2.24) is 14.8 Å².